The Balaban J connectivity index is 2.17. The van der Waals surface area contributed by atoms with Crippen LogP contribution in [0.25, 0.3) is 16.2 Å². The first-order valence-electron chi connectivity index (χ1n) is 5.38. The van der Waals surface area contributed by atoms with Crippen molar-refractivity contribution in [2.45, 2.75) is 0 Å². The molecule has 0 N–H and O–H groups in total. The summed E-state index contributed by atoms with van der Waals surface area (Å²) < 4.78 is 6.92. The van der Waals surface area contributed by atoms with Gasteiger partial charge in [0.1, 0.15) is 17.1 Å². The molecule has 0 radical (unpaired) electrons. The molecule has 0 saturated carbocycles. The Kier molecular flexibility index (Phi) is 2.60. The van der Waals surface area contributed by atoms with E-state index in [0.29, 0.717) is 11.4 Å². The number of nitrogens with zero attached hydrogens (tertiary/aromatic N) is 2. The van der Waals surface area contributed by atoms with E-state index in [9.17, 15) is 4.79 Å². The standard InChI is InChI=1S/C13H10N2O2S/c1-17-10-4-2-9(3-5-10)12-11(8-16)15-6-7-18-13(15)14-12/h2-8H,1H3. The third kappa shape index (κ3) is 1.60. The zero-order valence-corrected chi connectivity index (χ0v) is 10.5. The predicted molar refractivity (Wildman–Crippen MR) is 70.4 cm³/mol. The lowest BCUT2D eigenvalue weighted by Gasteiger charge is -2.01. The minimum Gasteiger partial charge on any atom is -0.497 e. The average molecular weight is 258 g/mol. The van der Waals surface area contributed by atoms with Crippen molar-refractivity contribution < 1.29 is 9.53 Å². The molecule has 0 aliphatic heterocycles. The summed E-state index contributed by atoms with van der Waals surface area (Å²) in [5.74, 6) is 0.785. The molecule has 4 nitrogen and oxygen atoms in total. The summed E-state index contributed by atoms with van der Waals surface area (Å²) in [6.45, 7) is 0. The molecule has 2 aromatic heterocycles. The van der Waals surface area contributed by atoms with Gasteiger partial charge in [-0.25, -0.2) is 4.98 Å². The number of hydrogen-bond acceptors (Lipinski definition) is 4. The summed E-state index contributed by atoms with van der Waals surface area (Å²) in [5, 5.41) is 1.91. The Morgan fingerprint density at radius 3 is 2.78 bits per heavy atom. The lowest BCUT2D eigenvalue weighted by Crippen LogP contribution is -1.90. The number of methoxy groups -OCH3 is 1. The van der Waals surface area contributed by atoms with Crippen molar-refractivity contribution in [2.75, 3.05) is 7.11 Å². The van der Waals surface area contributed by atoms with Crippen LogP contribution in [0.1, 0.15) is 10.5 Å². The van der Waals surface area contributed by atoms with Crippen molar-refractivity contribution in [1.82, 2.24) is 9.38 Å². The summed E-state index contributed by atoms with van der Waals surface area (Å²) in [6.07, 6.45) is 2.69. The van der Waals surface area contributed by atoms with Crippen molar-refractivity contribution in [3.8, 4) is 17.0 Å². The molecule has 3 rings (SSSR count). The Morgan fingerprint density at radius 2 is 2.11 bits per heavy atom. The van der Waals surface area contributed by atoms with Gasteiger partial charge in [0.2, 0.25) is 0 Å². The molecule has 90 valence electrons. The number of benzene rings is 1. The first-order valence-corrected chi connectivity index (χ1v) is 6.26. The number of rotatable bonds is 3. The Bertz CT molecular complexity index is 697. The van der Waals surface area contributed by atoms with Gasteiger partial charge in [-0.15, -0.1) is 11.3 Å². The highest BCUT2D eigenvalue weighted by Gasteiger charge is 2.13. The van der Waals surface area contributed by atoms with Gasteiger partial charge in [-0.1, -0.05) is 0 Å². The fraction of sp³-hybridized carbons (Fsp3) is 0.0769. The van der Waals surface area contributed by atoms with E-state index in [0.717, 1.165) is 22.6 Å². The van der Waals surface area contributed by atoms with Crippen LogP contribution in [0.3, 0.4) is 0 Å². The van der Waals surface area contributed by atoms with Crippen LogP contribution < -0.4 is 4.74 Å². The van der Waals surface area contributed by atoms with Gasteiger partial charge in [-0.05, 0) is 24.3 Å². The average Bonchev–Trinajstić information content (AvgIpc) is 2.98. The highest BCUT2D eigenvalue weighted by atomic mass is 32.1. The first kappa shape index (κ1) is 11.0. The minimum atomic E-state index is 0.580. The number of thiazole rings is 1. The monoisotopic (exact) mass is 258 g/mol. The van der Waals surface area contributed by atoms with Crippen molar-refractivity contribution >= 4 is 22.6 Å². The zero-order valence-electron chi connectivity index (χ0n) is 9.66. The van der Waals surface area contributed by atoms with E-state index in [4.69, 9.17) is 4.74 Å². The Hall–Kier alpha value is -2.14. The molecule has 0 saturated heterocycles. The molecule has 0 spiro atoms. The maximum atomic E-state index is 11.2. The molecule has 5 heteroatoms. The maximum Gasteiger partial charge on any atom is 0.194 e. The number of carbonyl (C=O) groups is 1. The van der Waals surface area contributed by atoms with E-state index in [1.165, 1.54) is 11.3 Å². The van der Waals surface area contributed by atoms with Gasteiger partial charge in [0.15, 0.2) is 11.2 Å². The fourth-order valence-electron chi connectivity index (χ4n) is 1.88. The van der Waals surface area contributed by atoms with E-state index >= 15 is 0 Å². The van der Waals surface area contributed by atoms with Gasteiger partial charge in [0.25, 0.3) is 0 Å². The van der Waals surface area contributed by atoms with E-state index < -0.39 is 0 Å². The second-order valence-electron chi connectivity index (χ2n) is 3.75. The van der Waals surface area contributed by atoms with E-state index in [2.05, 4.69) is 4.98 Å². The molecule has 0 aliphatic rings. The van der Waals surface area contributed by atoms with Crippen molar-refractivity contribution in [3.05, 3.63) is 41.5 Å². The number of aldehydes is 1. The van der Waals surface area contributed by atoms with Crippen LogP contribution in [0.2, 0.25) is 0 Å². The van der Waals surface area contributed by atoms with Crippen LogP contribution in [0.5, 0.6) is 5.75 Å². The fourth-order valence-corrected chi connectivity index (χ4v) is 2.60. The van der Waals surface area contributed by atoms with E-state index in [1.807, 2.05) is 35.8 Å². The molecule has 0 fully saturated rings. The zero-order chi connectivity index (χ0) is 12.5. The van der Waals surface area contributed by atoms with Gasteiger partial charge in [-0.2, -0.15) is 0 Å². The summed E-state index contributed by atoms with van der Waals surface area (Å²) in [5.41, 5.74) is 2.20. The number of aromatic nitrogens is 2. The van der Waals surface area contributed by atoms with Gasteiger partial charge >= 0.3 is 0 Å². The molecular formula is C13H10N2O2S. The van der Waals surface area contributed by atoms with Crippen LogP contribution in [0.4, 0.5) is 0 Å². The minimum absolute atomic E-state index is 0.580. The van der Waals surface area contributed by atoms with Crippen LogP contribution in [-0.2, 0) is 0 Å². The van der Waals surface area contributed by atoms with Crippen molar-refractivity contribution in [1.29, 1.82) is 0 Å². The third-order valence-corrected chi connectivity index (χ3v) is 3.53. The Labute approximate surface area is 107 Å². The predicted octanol–water partition coefficient (Wildman–Crippen LogP) is 2.88. The highest BCUT2D eigenvalue weighted by molar-refractivity contribution is 7.15. The molecule has 0 amide bonds. The second kappa shape index (κ2) is 4.27. The smallest absolute Gasteiger partial charge is 0.194 e. The van der Waals surface area contributed by atoms with Crippen molar-refractivity contribution in [2.24, 2.45) is 0 Å². The first-order chi connectivity index (χ1) is 8.83. The van der Waals surface area contributed by atoms with Crippen LogP contribution in [-0.4, -0.2) is 22.8 Å². The molecule has 1 aromatic carbocycles. The number of hydrogen-bond donors (Lipinski definition) is 0. The van der Waals surface area contributed by atoms with Gasteiger partial charge < -0.3 is 4.74 Å². The van der Waals surface area contributed by atoms with Gasteiger partial charge in [0, 0.05) is 17.1 Å². The summed E-state index contributed by atoms with van der Waals surface area (Å²) in [7, 11) is 1.62. The summed E-state index contributed by atoms with van der Waals surface area (Å²) in [6, 6.07) is 7.52. The van der Waals surface area contributed by atoms with Crippen molar-refractivity contribution in [3.63, 3.8) is 0 Å². The second-order valence-corrected chi connectivity index (χ2v) is 4.62. The molecule has 2 heterocycles. The lowest BCUT2D eigenvalue weighted by molar-refractivity contribution is 0.111. The lowest BCUT2D eigenvalue weighted by atomic mass is 10.1. The summed E-state index contributed by atoms with van der Waals surface area (Å²) in [4.78, 5) is 16.5. The molecule has 0 aliphatic carbocycles. The number of fused-ring (bicyclic) bond motifs is 1. The summed E-state index contributed by atoms with van der Waals surface area (Å²) >= 11 is 1.51. The largest absolute Gasteiger partial charge is 0.497 e. The van der Waals surface area contributed by atoms with E-state index in [-0.39, 0.29) is 0 Å². The molecule has 18 heavy (non-hydrogen) atoms. The SMILES string of the molecule is COc1ccc(-c2nc3sccn3c2C=O)cc1. The van der Waals surface area contributed by atoms with Crippen LogP contribution in [0.15, 0.2) is 35.8 Å². The number of ether oxygens (including phenoxy) is 1. The van der Waals surface area contributed by atoms with E-state index in [1.54, 1.807) is 11.5 Å². The third-order valence-electron chi connectivity index (χ3n) is 2.77. The topological polar surface area (TPSA) is 43.6 Å². The maximum absolute atomic E-state index is 11.2. The normalized spacial score (nSPS) is 10.7. The number of imidazole rings is 1. The van der Waals surface area contributed by atoms with Crippen LogP contribution >= 0.6 is 11.3 Å². The quantitative estimate of drug-likeness (QED) is 0.678. The molecule has 0 unspecified atom stereocenters. The molecule has 3 aromatic rings. The highest BCUT2D eigenvalue weighted by Crippen LogP contribution is 2.26. The molecular weight excluding hydrogens is 248 g/mol. The van der Waals surface area contributed by atoms with Crippen LogP contribution in [0, 0.1) is 0 Å². The molecule has 0 atom stereocenters. The Morgan fingerprint density at radius 1 is 1.33 bits per heavy atom. The molecule has 0 bridgehead atoms. The number of carbonyl (C=O) groups excluding carboxylic acids is 1. The van der Waals surface area contributed by atoms with Gasteiger partial charge in [-0.3, -0.25) is 9.20 Å². The van der Waals surface area contributed by atoms with Gasteiger partial charge in [0.05, 0.1) is 7.11 Å².